The fraction of sp³-hybridized carbons (Fsp3) is 0.233. The minimum absolute atomic E-state index is 0.0561. The van der Waals surface area contributed by atoms with Crippen LogP contribution in [0, 0.1) is 11.8 Å². The third-order valence-electron chi connectivity index (χ3n) is 6.95. The number of benzene rings is 2. The third kappa shape index (κ3) is 5.14. The van der Waals surface area contributed by atoms with E-state index in [-0.39, 0.29) is 16.9 Å². The third-order valence-corrected chi connectivity index (χ3v) is 6.95. The van der Waals surface area contributed by atoms with E-state index >= 15 is 0 Å². The molecule has 1 aliphatic rings. The van der Waals surface area contributed by atoms with Crippen LogP contribution in [0.25, 0.3) is 22.2 Å². The van der Waals surface area contributed by atoms with Crippen molar-refractivity contribution in [3.63, 3.8) is 0 Å². The molecule has 1 saturated heterocycles. The summed E-state index contributed by atoms with van der Waals surface area (Å²) in [4.78, 5) is 38.9. The topological polar surface area (TPSA) is 133 Å². The van der Waals surface area contributed by atoms with Gasteiger partial charge in [0.1, 0.15) is 11.4 Å². The number of ether oxygens (including phenoxy) is 1. The van der Waals surface area contributed by atoms with Gasteiger partial charge >= 0.3 is 0 Å². The van der Waals surface area contributed by atoms with Crippen molar-refractivity contribution in [1.29, 1.82) is 0 Å². The number of morpholine rings is 1. The molecule has 1 fully saturated rings. The Kier molecular flexibility index (Phi) is 7.16. The van der Waals surface area contributed by atoms with Crippen molar-refractivity contribution in [2.24, 2.45) is 0 Å². The summed E-state index contributed by atoms with van der Waals surface area (Å²) in [5.41, 5.74) is 8.01. The van der Waals surface area contributed by atoms with E-state index in [4.69, 9.17) is 15.5 Å². The number of nitrogens with one attached hydrogen (secondary N) is 1. The molecule has 0 saturated carbocycles. The number of anilines is 1. The lowest BCUT2D eigenvalue weighted by molar-refractivity contribution is 0.0443. The molecule has 1 aliphatic heterocycles. The van der Waals surface area contributed by atoms with Crippen LogP contribution in [-0.4, -0.2) is 67.8 Å². The van der Waals surface area contributed by atoms with Crippen LogP contribution < -0.4 is 16.6 Å². The smallest absolute Gasteiger partial charge is 0.267 e. The number of hydrogen-bond acceptors (Lipinski definition) is 8. The lowest BCUT2D eigenvalue weighted by Gasteiger charge is -2.24. The molecule has 3 aromatic heterocycles. The molecule has 6 rings (SSSR count). The SMILES string of the molecule is CC(NC(=O)c1c(N)nn2cccnc12)c1nc2cccc(C#CCN3CCOCC3)c2c(=O)n1-c1ccccc1. The Hall–Kier alpha value is -5.05. The van der Waals surface area contributed by atoms with Gasteiger partial charge < -0.3 is 15.8 Å². The maximum absolute atomic E-state index is 14.2. The van der Waals surface area contributed by atoms with Gasteiger partial charge in [0.2, 0.25) is 0 Å². The monoisotopic (exact) mass is 548 g/mol. The van der Waals surface area contributed by atoms with Crippen molar-refractivity contribution >= 4 is 28.3 Å². The first-order chi connectivity index (χ1) is 20.0. The van der Waals surface area contributed by atoms with Crippen LogP contribution in [0.15, 0.2) is 71.8 Å². The van der Waals surface area contributed by atoms with Crippen molar-refractivity contribution in [3.05, 3.63) is 94.3 Å². The largest absolute Gasteiger partial charge is 0.381 e. The van der Waals surface area contributed by atoms with E-state index in [1.807, 2.05) is 42.5 Å². The Bertz CT molecular complexity index is 1860. The zero-order valence-corrected chi connectivity index (χ0v) is 22.4. The molecule has 4 heterocycles. The van der Waals surface area contributed by atoms with Gasteiger partial charge in [-0.05, 0) is 37.3 Å². The Labute approximate surface area is 235 Å². The summed E-state index contributed by atoms with van der Waals surface area (Å²) >= 11 is 0. The molecule has 1 atom stereocenters. The molecule has 1 amide bonds. The first-order valence-electron chi connectivity index (χ1n) is 13.3. The van der Waals surface area contributed by atoms with E-state index in [9.17, 15) is 9.59 Å². The van der Waals surface area contributed by atoms with Crippen LogP contribution in [0.3, 0.4) is 0 Å². The Morgan fingerprint density at radius 3 is 2.73 bits per heavy atom. The second-order valence-corrected chi connectivity index (χ2v) is 9.68. The van der Waals surface area contributed by atoms with Gasteiger partial charge in [0.05, 0.1) is 42.4 Å². The van der Waals surface area contributed by atoms with E-state index in [1.54, 1.807) is 31.5 Å². The van der Waals surface area contributed by atoms with Crippen LogP contribution in [-0.2, 0) is 4.74 Å². The average Bonchev–Trinajstić information content (AvgIpc) is 3.33. The minimum atomic E-state index is -0.672. The Balaban J connectivity index is 1.41. The van der Waals surface area contributed by atoms with Crippen molar-refractivity contribution in [2.45, 2.75) is 13.0 Å². The molecule has 3 N–H and O–H groups in total. The summed E-state index contributed by atoms with van der Waals surface area (Å²) in [5, 5.41) is 7.54. The number of para-hydroxylation sites is 1. The van der Waals surface area contributed by atoms with E-state index in [0.29, 0.717) is 53.4 Å². The summed E-state index contributed by atoms with van der Waals surface area (Å²) in [7, 11) is 0. The highest BCUT2D eigenvalue weighted by atomic mass is 16.5. The molecule has 1 unspecified atom stereocenters. The zero-order valence-electron chi connectivity index (χ0n) is 22.4. The van der Waals surface area contributed by atoms with Crippen LogP contribution in [0.1, 0.15) is 34.7 Å². The predicted octanol–water partition coefficient (Wildman–Crippen LogP) is 2.19. The summed E-state index contributed by atoms with van der Waals surface area (Å²) in [6, 6.07) is 15.7. The van der Waals surface area contributed by atoms with Crippen molar-refractivity contribution in [3.8, 4) is 17.5 Å². The van der Waals surface area contributed by atoms with Crippen LogP contribution in [0.5, 0.6) is 0 Å². The quantitative estimate of drug-likeness (QED) is 0.320. The second kappa shape index (κ2) is 11.2. The van der Waals surface area contributed by atoms with E-state index in [0.717, 1.165) is 13.1 Å². The number of amides is 1. The van der Waals surface area contributed by atoms with Gasteiger partial charge in [-0.2, -0.15) is 0 Å². The molecule has 0 bridgehead atoms. The van der Waals surface area contributed by atoms with E-state index in [1.165, 1.54) is 9.08 Å². The molecule has 0 spiro atoms. The maximum atomic E-state index is 14.2. The standard InChI is InChI=1S/C30H28N8O3/c1-20(33-29(39)25-26(31)35-37-15-7-13-32-28(25)37)27-34-23-12-5-8-21(9-6-14-36-16-18-41-19-17-36)24(23)30(40)38(27)22-10-3-2-4-11-22/h2-5,7-8,10-13,15,20H,14,16-19H2,1H3,(H2,31,35)(H,33,39). The number of aromatic nitrogens is 5. The zero-order chi connectivity index (χ0) is 28.3. The Morgan fingerprint density at radius 1 is 1.12 bits per heavy atom. The van der Waals surface area contributed by atoms with Gasteiger partial charge in [0.15, 0.2) is 11.5 Å². The lowest BCUT2D eigenvalue weighted by Crippen LogP contribution is -2.36. The van der Waals surface area contributed by atoms with E-state index in [2.05, 4.69) is 32.1 Å². The van der Waals surface area contributed by atoms with Gasteiger partial charge in [-0.15, -0.1) is 5.10 Å². The number of carbonyl (C=O) groups is 1. The molecular formula is C30H28N8O3. The van der Waals surface area contributed by atoms with Crippen molar-refractivity contribution in [2.75, 3.05) is 38.6 Å². The number of fused-ring (bicyclic) bond motifs is 2. The molecule has 11 nitrogen and oxygen atoms in total. The molecule has 5 aromatic rings. The molecule has 2 aromatic carbocycles. The molecule has 206 valence electrons. The average molecular weight is 549 g/mol. The minimum Gasteiger partial charge on any atom is -0.381 e. The number of hydrogen-bond donors (Lipinski definition) is 2. The van der Waals surface area contributed by atoms with E-state index < -0.39 is 11.9 Å². The molecule has 11 heteroatoms. The second-order valence-electron chi connectivity index (χ2n) is 9.68. The molecule has 41 heavy (non-hydrogen) atoms. The fourth-order valence-electron chi connectivity index (χ4n) is 4.93. The first-order valence-corrected chi connectivity index (χ1v) is 13.3. The van der Waals surface area contributed by atoms with Gasteiger partial charge in [-0.25, -0.2) is 14.5 Å². The highest BCUT2D eigenvalue weighted by Crippen LogP contribution is 2.22. The lowest BCUT2D eigenvalue weighted by atomic mass is 10.1. The van der Waals surface area contributed by atoms with Crippen LogP contribution in [0.2, 0.25) is 0 Å². The van der Waals surface area contributed by atoms with Gasteiger partial charge in [-0.1, -0.05) is 36.1 Å². The molecule has 0 aliphatic carbocycles. The van der Waals surface area contributed by atoms with Crippen LogP contribution in [0.4, 0.5) is 5.82 Å². The van der Waals surface area contributed by atoms with Gasteiger partial charge in [-0.3, -0.25) is 19.1 Å². The summed E-state index contributed by atoms with van der Waals surface area (Å²) in [6.07, 6.45) is 3.23. The number of rotatable bonds is 5. The summed E-state index contributed by atoms with van der Waals surface area (Å²) < 4.78 is 8.39. The predicted molar refractivity (Wildman–Crippen MR) is 155 cm³/mol. The normalized spacial score (nSPS) is 14.5. The molecule has 0 radical (unpaired) electrons. The molecular weight excluding hydrogens is 520 g/mol. The van der Waals surface area contributed by atoms with Gasteiger partial charge in [0.25, 0.3) is 11.5 Å². The highest BCUT2D eigenvalue weighted by molar-refractivity contribution is 6.04. The first kappa shape index (κ1) is 26.2. The number of nitrogens with zero attached hydrogens (tertiary/aromatic N) is 6. The van der Waals surface area contributed by atoms with Gasteiger partial charge in [0, 0.05) is 31.0 Å². The number of nitrogens with two attached hydrogens (primary N) is 1. The maximum Gasteiger partial charge on any atom is 0.267 e. The highest BCUT2D eigenvalue weighted by Gasteiger charge is 2.25. The summed E-state index contributed by atoms with van der Waals surface area (Å²) in [6.45, 7) is 5.40. The van der Waals surface area contributed by atoms with Crippen molar-refractivity contribution < 1.29 is 9.53 Å². The fourth-order valence-corrected chi connectivity index (χ4v) is 4.93. The number of nitrogen functional groups attached to an aromatic ring is 1. The summed E-state index contributed by atoms with van der Waals surface area (Å²) in [5.74, 6) is 6.35. The van der Waals surface area contributed by atoms with Crippen LogP contribution >= 0.6 is 0 Å². The Morgan fingerprint density at radius 2 is 1.93 bits per heavy atom. The number of carbonyl (C=O) groups excluding carboxylic acids is 1. The van der Waals surface area contributed by atoms with Crippen molar-refractivity contribution in [1.82, 2.24) is 34.4 Å².